The molecule has 0 aliphatic carbocycles. The van der Waals surface area contributed by atoms with Gasteiger partial charge >= 0.3 is 6.18 Å². The molecular formula is C33H41F4N5O2. The number of piperazine rings is 1. The van der Waals surface area contributed by atoms with E-state index in [1.165, 1.54) is 19.6 Å². The Morgan fingerprint density at radius 1 is 0.977 bits per heavy atom. The number of carbonyl (C=O) groups is 1. The molecule has 44 heavy (non-hydrogen) atoms. The molecule has 1 N–H and O–H groups in total. The van der Waals surface area contributed by atoms with E-state index in [-0.39, 0.29) is 5.88 Å². The molecule has 0 unspecified atom stereocenters. The first-order chi connectivity index (χ1) is 21.0. The van der Waals surface area contributed by atoms with Crippen molar-refractivity contribution in [1.29, 1.82) is 0 Å². The van der Waals surface area contributed by atoms with Gasteiger partial charge in [0.2, 0.25) is 5.88 Å². The van der Waals surface area contributed by atoms with Crippen molar-refractivity contribution >= 4 is 17.3 Å². The number of hydrogen-bond acceptors (Lipinski definition) is 6. The molecule has 3 heterocycles. The Morgan fingerprint density at radius 3 is 2.30 bits per heavy atom. The molecule has 2 saturated heterocycles. The van der Waals surface area contributed by atoms with Gasteiger partial charge in [0.05, 0.1) is 29.6 Å². The third-order valence-electron chi connectivity index (χ3n) is 7.67. The van der Waals surface area contributed by atoms with E-state index in [0.29, 0.717) is 48.2 Å². The van der Waals surface area contributed by atoms with Gasteiger partial charge in [-0.3, -0.25) is 9.69 Å². The van der Waals surface area contributed by atoms with Crippen LogP contribution in [0.5, 0.6) is 5.88 Å². The van der Waals surface area contributed by atoms with Gasteiger partial charge in [-0.1, -0.05) is 32.4 Å². The molecule has 2 fully saturated rings. The molecule has 0 bridgehead atoms. The largest absolute Gasteiger partial charge is 0.481 e. The molecule has 0 saturated carbocycles. The lowest BCUT2D eigenvalue weighted by molar-refractivity contribution is -0.138. The Morgan fingerprint density at radius 2 is 1.66 bits per heavy atom. The Balaban J connectivity index is 0.00000141. The van der Waals surface area contributed by atoms with E-state index in [2.05, 4.69) is 38.8 Å². The van der Waals surface area contributed by atoms with E-state index in [4.69, 9.17) is 4.74 Å². The summed E-state index contributed by atoms with van der Waals surface area (Å²) < 4.78 is 61.6. The summed E-state index contributed by atoms with van der Waals surface area (Å²) in [6.45, 7) is 9.85. The molecular weight excluding hydrogens is 574 g/mol. The van der Waals surface area contributed by atoms with Crippen LogP contribution in [0, 0.1) is 5.82 Å². The molecule has 2 aromatic carbocycles. The first-order valence-corrected chi connectivity index (χ1v) is 15.0. The Bertz CT molecular complexity index is 1420. The fourth-order valence-corrected chi connectivity index (χ4v) is 5.37. The minimum atomic E-state index is -4.80. The lowest BCUT2D eigenvalue weighted by atomic mass is 10.00. The zero-order valence-corrected chi connectivity index (χ0v) is 25.8. The van der Waals surface area contributed by atoms with Gasteiger partial charge in [-0.2, -0.15) is 13.2 Å². The average Bonchev–Trinajstić information content (AvgIpc) is 3.51. The summed E-state index contributed by atoms with van der Waals surface area (Å²) >= 11 is 0. The van der Waals surface area contributed by atoms with Gasteiger partial charge in [0.15, 0.2) is 0 Å². The van der Waals surface area contributed by atoms with Crippen LogP contribution < -0.4 is 15.0 Å². The second-order valence-electron chi connectivity index (χ2n) is 11.3. The van der Waals surface area contributed by atoms with E-state index in [1.54, 1.807) is 30.3 Å². The van der Waals surface area contributed by atoms with Crippen molar-refractivity contribution in [3.8, 4) is 17.0 Å². The van der Waals surface area contributed by atoms with Gasteiger partial charge in [0, 0.05) is 50.6 Å². The molecule has 0 spiro atoms. The molecule has 238 valence electrons. The number of hydrogen-bond donors (Lipinski definition) is 1. The number of likely N-dealkylation sites (tertiary alicyclic amines) is 1. The van der Waals surface area contributed by atoms with Crippen molar-refractivity contribution in [2.75, 3.05) is 63.6 Å². The summed E-state index contributed by atoms with van der Waals surface area (Å²) in [5, 5.41) is 2.68. The van der Waals surface area contributed by atoms with Gasteiger partial charge in [0.25, 0.3) is 5.91 Å². The van der Waals surface area contributed by atoms with Gasteiger partial charge < -0.3 is 19.9 Å². The normalized spacial score (nSPS) is 16.0. The zero-order chi connectivity index (χ0) is 31.9. The maximum absolute atomic E-state index is 15.1. The number of nitrogens with zero attached hydrogens (tertiary/aromatic N) is 4. The fraction of sp³-hybridized carbons (Fsp3) is 0.455. The molecule has 3 aromatic rings. The summed E-state index contributed by atoms with van der Waals surface area (Å²) in [5.74, 6) is -1.64. The smallest absolute Gasteiger partial charge is 0.417 e. The highest BCUT2D eigenvalue weighted by Gasteiger charge is 2.36. The van der Waals surface area contributed by atoms with Gasteiger partial charge in [-0.25, -0.2) is 9.37 Å². The van der Waals surface area contributed by atoms with Crippen LogP contribution >= 0.6 is 0 Å². The number of methoxy groups -OCH3 is 1. The summed E-state index contributed by atoms with van der Waals surface area (Å²) in [4.78, 5) is 23.7. The van der Waals surface area contributed by atoms with Gasteiger partial charge in [-0.05, 0) is 68.4 Å². The van der Waals surface area contributed by atoms with E-state index in [1.807, 2.05) is 7.05 Å². The van der Waals surface area contributed by atoms with Crippen molar-refractivity contribution in [2.24, 2.45) is 0 Å². The highest BCUT2D eigenvalue weighted by atomic mass is 19.4. The van der Waals surface area contributed by atoms with E-state index < -0.39 is 29.0 Å². The predicted octanol–water partition coefficient (Wildman–Crippen LogP) is 6.93. The molecule has 5 rings (SSSR count). The fourth-order valence-electron chi connectivity index (χ4n) is 5.37. The number of nitrogens with one attached hydrogen (secondary N) is 1. The van der Waals surface area contributed by atoms with Gasteiger partial charge in [0.1, 0.15) is 5.82 Å². The number of pyridine rings is 1. The van der Waals surface area contributed by atoms with Gasteiger partial charge in [-0.15, -0.1) is 0 Å². The second-order valence-corrected chi connectivity index (χ2v) is 11.3. The number of aromatic nitrogens is 1. The Kier molecular flexibility index (Phi) is 11.2. The minimum Gasteiger partial charge on any atom is -0.481 e. The summed E-state index contributed by atoms with van der Waals surface area (Å²) in [5.41, 5.74) is 1.01. The van der Waals surface area contributed by atoms with Crippen molar-refractivity contribution in [2.45, 2.75) is 45.8 Å². The standard InChI is InChI=1S/C30H33F4N5O2.C3H8/c1-37-11-13-39(14-12-37)27-8-6-21(22-15-20(5-7-25(22)31)19-38-9-3-4-10-38)16-26(27)36-29(40)23-18-35-28(41-2)17-24(23)30(32,33)34;1-3-2/h5-8,15-18H,3-4,9-14,19H2,1-2H3,(H,36,40);3H2,1-2H3. The van der Waals surface area contributed by atoms with E-state index in [9.17, 15) is 18.0 Å². The molecule has 2 aliphatic rings. The third kappa shape index (κ3) is 8.26. The number of benzene rings is 2. The number of anilines is 2. The molecule has 1 amide bonds. The Hall–Kier alpha value is -3.70. The number of ether oxygens (including phenoxy) is 1. The van der Waals surface area contributed by atoms with Crippen LogP contribution in [0.25, 0.3) is 11.1 Å². The lowest BCUT2D eigenvalue weighted by Crippen LogP contribution is -2.44. The molecule has 7 nitrogen and oxygen atoms in total. The molecule has 0 radical (unpaired) electrons. The summed E-state index contributed by atoms with van der Waals surface area (Å²) in [6, 6.07) is 10.9. The quantitative estimate of drug-likeness (QED) is 0.291. The van der Waals surface area contributed by atoms with E-state index >= 15 is 4.39 Å². The van der Waals surface area contributed by atoms with Crippen LogP contribution in [0.4, 0.5) is 28.9 Å². The average molecular weight is 616 g/mol. The predicted molar refractivity (Wildman–Crippen MR) is 166 cm³/mol. The van der Waals surface area contributed by atoms with Crippen LogP contribution in [0.2, 0.25) is 0 Å². The second kappa shape index (κ2) is 14.9. The number of carbonyl (C=O) groups excluding carboxylic acids is 1. The van der Waals surface area contributed by atoms with Crippen molar-refractivity contribution in [1.82, 2.24) is 14.8 Å². The summed E-state index contributed by atoms with van der Waals surface area (Å²) in [6.07, 6.45) is -0.406. The lowest BCUT2D eigenvalue weighted by Gasteiger charge is -2.35. The minimum absolute atomic E-state index is 0.252. The zero-order valence-electron chi connectivity index (χ0n) is 25.8. The Labute approximate surface area is 256 Å². The molecule has 1 aromatic heterocycles. The van der Waals surface area contributed by atoms with Crippen LogP contribution in [-0.4, -0.2) is 74.1 Å². The maximum Gasteiger partial charge on any atom is 0.417 e. The highest BCUT2D eigenvalue weighted by molar-refractivity contribution is 6.07. The van der Waals surface area contributed by atoms with Crippen molar-refractivity contribution in [3.63, 3.8) is 0 Å². The van der Waals surface area contributed by atoms with E-state index in [0.717, 1.165) is 50.8 Å². The first kappa shape index (κ1) is 33.2. The highest BCUT2D eigenvalue weighted by Crippen LogP contribution is 2.37. The SMILES string of the molecule is CCC.COc1cc(C(F)(F)F)c(C(=O)Nc2cc(-c3cc(CN4CCCC4)ccc3F)ccc2N2CCN(C)CC2)cn1. The van der Waals surface area contributed by atoms with Crippen LogP contribution in [0.1, 0.15) is 54.6 Å². The number of rotatable bonds is 7. The first-order valence-electron chi connectivity index (χ1n) is 15.0. The molecule has 2 aliphatic heterocycles. The van der Waals surface area contributed by atoms with Crippen molar-refractivity contribution in [3.05, 3.63) is 71.2 Å². The number of amides is 1. The maximum atomic E-state index is 15.1. The van der Waals surface area contributed by atoms with Crippen LogP contribution in [-0.2, 0) is 12.7 Å². The molecule has 11 heteroatoms. The monoisotopic (exact) mass is 615 g/mol. The topological polar surface area (TPSA) is 60.9 Å². The molecule has 0 atom stereocenters. The number of likely N-dealkylation sites (N-methyl/N-ethyl adjacent to an activating group) is 1. The number of halogens is 4. The van der Waals surface area contributed by atoms with Crippen LogP contribution in [0.3, 0.4) is 0 Å². The summed E-state index contributed by atoms with van der Waals surface area (Å²) in [7, 11) is 3.21. The third-order valence-corrected chi connectivity index (χ3v) is 7.67. The van der Waals surface area contributed by atoms with Crippen molar-refractivity contribution < 1.29 is 27.1 Å². The number of alkyl halides is 3. The van der Waals surface area contributed by atoms with Crippen LogP contribution in [0.15, 0.2) is 48.7 Å².